The molecule has 1 fully saturated rings. The number of nitrogens with zero attached hydrogens (tertiary/aromatic N) is 1. The highest BCUT2D eigenvalue weighted by Gasteiger charge is 2.45. The van der Waals surface area contributed by atoms with Gasteiger partial charge in [0.2, 0.25) is 0 Å². The van der Waals surface area contributed by atoms with Crippen molar-refractivity contribution in [2.45, 2.75) is 49.0 Å². The maximum atomic E-state index is 9.80. The SMILES string of the molecule is N/N=C/[C@@H](O[C@H]1O[C@H](CO)[C@@H](O)[C@H](O)[C@H]1O)[C@H](O)[C@H](O)CO. The smallest absolute Gasteiger partial charge is 0.187 e. The zero-order chi connectivity index (χ0) is 16.9. The van der Waals surface area contributed by atoms with Gasteiger partial charge in [0.1, 0.15) is 42.7 Å². The topological polar surface area (TPSA) is 198 Å². The van der Waals surface area contributed by atoms with Gasteiger partial charge in [0.25, 0.3) is 0 Å². The number of nitrogens with two attached hydrogens (primary N) is 1. The van der Waals surface area contributed by atoms with Crippen LogP contribution in [0.4, 0.5) is 0 Å². The Morgan fingerprint density at radius 3 is 2.27 bits per heavy atom. The number of hydrogen-bond donors (Lipinski definition) is 8. The normalized spacial score (nSPS) is 37.1. The quantitative estimate of drug-likeness (QED) is 0.127. The lowest BCUT2D eigenvalue weighted by molar-refractivity contribution is -0.312. The van der Waals surface area contributed by atoms with Crippen LogP contribution in [-0.2, 0) is 9.47 Å². The fourth-order valence-electron chi connectivity index (χ4n) is 1.95. The van der Waals surface area contributed by atoms with Gasteiger partial charge in [0.05, 0.1) is 19.4 Å². The predicted molar refractivity (Wildman–Crippen MR) is 70.4 cm³/mol. The molecule has 0 aromatic rings. The van der Waals surface area contributed by atoms with Crippen LogP contribution in [0.25, 0.3) is 0 Å². The summed E-state index contributed by atoms with van der Waals surface area (Å²) >= 11 is 0. The molecule has 11 heteroatoms. The Morgan fingerprint density at radius 2 is 1.77 bits per heavy atom. The third-order valence-corrected chi connectivity index (χ3v) is 3.29. The fourth-order valence-corrected chi connectivity index (χ4v) is 1.95. The van der Waals surface area contributed by atoms with E-state index in [0.29, 0.717) is 0 Å². The highest BCUT2D eigenvalue weighted by Crippen LogP contribution is 2.23. The molecule has 0 aliphatic carbocycles. The molecule has 9 N–H and O–H groups in total. The molecule has 0 spiro atoms. The van der Waals surface area contributed by atoms with E-state index in [2.05, 4.69) is 5.10 Å². The van der Waals surface area contributed by atoms with E-state index in [1.54, 1.807) is 0 Å². The number of hydrogen-bond acceptors (Lipinski definition) is 11. The second-order valence-electron chi connectivity index (χ2n) is 4.84. The Kier molecular flexibility index (Phi) is 7.55. The highest BCUT2D eigenvalue weighted by atomic mass is 16.7. The van der Waals surface area contributed by atoms with Crippen LogP contribution in [0.5, 0.6) is 0 Å². The summed E-state index contributed by atoms with van der Waals surface area (Å²) in [6.07, 6.45) is -11.4. The summed E-state index contributed by atoms with van der Waals surface area (Å²) in [5, 5.41) is 69.2. The Balaban J connectivity index is 2.83. The Hall–Kier alpha value is -0.890. The van der Waals surface area contributed by atoms with Crippen molar-refractivity contribution in [2.75, 3.05) is 13.2 Å². The van der Waals surface area contributed by atoms with Gasteiger partial charge in [0, 0.05) is 0 Å². The van der Waals surface area contributed by atoms with Crippen molar-refractivity contribution in [3.8, 4) is 0 Å². The molecule has 1 saturated heterocycles. The van der Waals surface area contributed by atoms with Crippen molar-refractivity contribution in [3.63, 3.8) is 0 Å². The van der Waals surface area contributed by atoms with Crippen molar-refractivity contribution in [3.05, 3.63) is 0 Å². The molecule has 1 aliphatic heterocycles. The third kappa shape index (κ3) is 4.32. The molecular formula is C11H22N2O9. The van der Waals surface area contributed by atoms with Crippen LogP contribution in [0.3, 0.4) is 0 Å². The molecule has 0 saturated carbocycles. The van der Waals surface area contributed by atoms with Gasteiger partial charge in [-0.2, -0.15) is 5.10 Å². The van der Waals surface area contributed by atoms with Gasteiger partial charge in [-0.3, -0.25) is 0 Å². The van der Waals surface area contributed by atoms with E-state index < -0.39 is 62.2 Å². The van der Waals surface area contributed by atoms with E-state index in [9.17, 15) is 25.5 Å². The molecule has 1 heterocycles. The molecule has 22 heavy (non-hydrogen) atoms. The minimum atomic E-state index is -1.69. The molecule has 0 aromatic heterocycles. The lowest BCUT2D eigenvalue weighted by Crippen LogP contribution is -2.60. The number of hydrazone groups is 1. The van der Waals surface area contributed by atoms with Crippen LogP contribution in [0.15, 0.2) is 5.10 Å². The van der Waals surface area contributed by atoms with Crippen molar-refractivity contribution in [1.82, 2.24) is 0 Å². The fraction of sp³-hybridized carbons (Fsp3) is 0.909. The van der Waals surface area contributed by atoms with Crippen LogP contribution in [0.2, 0.25) is 0 Å². The van der Waals surface area contributed by atoms with Crippen LogP contribution >= 0.6 is 0 Å². The summed E-state index contributed by atoms with van der Waals surface area (Å²) in [5.41, 5.74) is 0. The first-order chi connectivity index (χ1) is 10.4. The second-order valence-corrected chi connectivity index (χ2v) is 4.84. The lowest BCUT2D eigenvalue weighted by atomic mass is 9.99. The van der Waals surface area contributed by atoms with Gasteiger partial charge < -0.3 is 51.1 Å². The maximum Gasteiger partial charge on any atom is 0.187 e. The van der Waals surface area contributed by atoms with Crippen molar-refractivity contribution in [2.24, 2.45) is 10.9 Å². The van der Waals surface area contributed by atoms with Gasteiger partial charge in [-0.1, -0.05) is 0 Å². The first-order valence-electron chi connectivity index (χ1n) is 6.53. The van der Waals surface area contributed by atoms with Crippen LogP contribution in [0.1, 0.15) is 0 Å². The van der Waals surface area contributed by atoms with Gasteiger partial charge >= 0.3 is 0 Å². The van der Waals surface area contributed by atoms with Gasteiger partial charge in [-0.25, -0.2) is 0 Å². The largest absolute Gasteiger partial charge is 0.394 e. The summed E-state index contributed by atoms with van der Waals surface area (Å²) in [7, 11) is 0. The Labute approximate surface area is 125 Å². The molecular weight excluding hydrogens is 304 g/mol. The van der Waals surface area contributed by atoms with E-state index in [1.807, 2.05) is 0 Å². The summed E-state index contributed by atoms with van der Waals surface area (Å²) in [4.78, 5) is 0. The van der Waals surface area contributed by atoms with Crippen LogP contribution in [0, 0.1) is 0 Å². The third-order valence-electron chi connectivity index (χ3n) is 3.29. The van der Waals surface area contributed by atoms with Gasteiger partial charge in [-0.05, 0) is 0 Å². The van der Waals surface area contributed by atoms with E-state index in [1.165, 1.54) is 0 Å². The molecule has 1 aliphatic rings. The van der Waals surface area contributed by atoms with E-state index in [-0.39, 0.29) is 0 Å². The van der Waals surface area contributed by atoms with Crippen LogP contribution < -0.4 is 5.84 Å². The molecule has 1 rings (SSSR count). The zero-order valence-corrected chi connectivity index (χ0v) is 11.6. The van der Waals surface area contributed by atoms with Gasteiger partial charge in [-0.15, -0.1) is 0 Å². The van der Waals surface area contributed by atoms with Crippen molar-refractivity contribution >= 4 is 6.21 Å². The molecule has 11 nitrogen and oxygen atoms in total. The summed E-state index contributed by atoms with van der Waals surface area (Å²) in [5.74, 6) is 4.95. The lowest BCUT2D eigenvalue weighted by Gasteiger charge is -2.41. The average molecular weight is 326 g/mol. The summed E-state index contributed by atoms with van der Waals surface area (Å²) < 4.78 is 10.3. The Morgan fingerprint density at radius 1 is 1.14 bits per heavy atom. The number of ether oxygens (including phenoxy) is 2. The molecule has 0 radical (unpaired) electrons. The van der Waals surface area contributed by atoms with Crippen molar-refractivity contribution in [1.29, 1.82) is 0 Å². The maximum absolute atomic E-state index is 9.80. The van der Waals surface area contributed by atoms with E-state index >= 15 is 0 Å². The highest BCUT2D eigenvalue weighted by molar-refractivity contribution is 5.63. The van der Waals surface area contributed by atoms with Crippen LogP contribution in [-0.4, -0.2) is 104 Å². The summed E-state index contributed by atoms with van der Waals surface area (Å²) in [6.45, 7) is -1.42. The number of rotatable bonds is 7. The van der Waals surface area contributed by atoms with Gasteiger partial charge in [0.15, 0.2) is 6.29 Å². The molecule has 0 bridgehead atoms. The zero-order valence-electron chi connectivity index (χ0n) is 11.6. The van der Waals surface area contributed by atoms with Crippen molar-refractivity contribution < 1.29 is 45.2 Å². The number of aliphatic hydroxyl groups is 7. The second kappa shape index (κ2) is 8.67. The average Bonchev–Trinajstić information content (AvgIpc) is 2.53. The Bertz CT molecular complexity index is 356. The monoisotopic (exact) mass is 326 g/mol. The minimum absolute atomic E-state index is 0.651. The predicted octanol–water partition coefficient (Wildman–Crippen LogP) is -5.17. The molecule has 0 amide bonds. The molecule has 130 valence electrons. The molecule has 0 aromatic carbocycles. The van der Waals surface area contributed by atoms with E-state index in [4.69, 9.17) is 25.5 Å². The molecule has 8 atom stereocenters. The first kappa shape index (κ1) is 19.2. The number of aliphatic hydroxyl groups excluding tert-OH is 7. The first-order valence-corrected chi connectivity index (χ1v) is 6.53. The summed E-state index contributed by atoms with van der Waals surface area (Å²) in [6, 6.07) is 0. The minimum Gasteiger partial charge on any atom is -0.394 e. The standard InChI is InChI=1S/C11H22N2O9/c12-13-1-5(7(17)4(16)2-14)21-11-10(20)9(19)8(18)6(3-15)22-11/h1,4-11,14-20H,2-3,12H2/b13-1+/t4-,5-,6-,7-,8-,9+,10-,11+/m1/s1. The van der Waals surface area contributed by atoms with E-state index in [0.717, 1.165) is 6.21 Å². The molecule has 0 unspecified atom stereocenters.